The first-order valence-corrected chi connectivity index (χ1v) is 4.01. The third-order valence-electron chi connectivity index (χ3n) is 1.68. The van der Waals surface area contributed by atoms with Crippen LogP contribution in [0.5, 0.6) is 0 Å². The van der Waals surface area contributed by atoms with Gasteiger partial charge in [0.25, 0.3) is 0 Å². The lowest BCUT2D eigenvalue weighted by atomic mass is 10.1. The van der Waals surface area contributed by atoms with Crippen molar-refractivity contribution in [3.8, 4) is 0 Å². The number of rotatable bonds is 1. The summed E-state index contributed by atoms with van der Waals surface area (Å²) in [6, 6.07) is 1.32. The Morgan fingerprint density at radius 1 is 1.40 bits per heavy atom. The van der Waals surface area contributed by atoms with E-state index in [9.17, 15) is 18.0 Å². The number of carboxylic acid groups (broad SMARTS) is 1. The summed E-state index contributed by atoms with van der Waals surface area (Å²) >= 11 is 5.38. The Morgan fingerprint density at radius 3 is 2.33 bits per heavy atom. The van der Waals surface area contributed by atoms with Gasteiger partial charge >= 0.3 is 12.1 Å². The van der Waals surface area contributed by atoms with Crippen LogP contribution in [0.15, 0.2) is 12.1 Å². The van der Waals surface area contributed by atoms with Gasteiger partial charge < -0.3 is 10.8 Å². The Balaban J connectivity index is 3.45. The molecule has 0 aliphatic carbocycles. The van der Waals surface area contributed by atoms with Gasteiger partial charge in [-0.15, -0.1) is 0 Å². The van der Waals surface area contributed by atoms with Crippen molar-refractivity contribution in [2.24, 2.45) is 0 Å². The third-order valence-corrected chi connectivity index (χ3v) is 1.99. The minimum Gasteiger partial charge on any atom is -0.478 e. The van der Waals surface area contributed by atoms with Gasteiger partial charge in [0, 0.05) is 0 Å². The first kappa shape index (κ1) is 11.6. The molecule has 0 spiro atoms. The zero-order valence-corrected chi connectivity index (χ0v) is 7.86. The maximum Gasteiger partial charge on any atom is 0.418 e. The molecular formula is C8H5ClF3NO2. The van der Waals surface area contributed by atoms with Crippen LogP contribution in [0, 0.1) is 0 Å². The number of halogens is 4. The minimum atomic E-state index is -4.72. The number of alkyl halides is 3. The summed E-state index contributed by atoms with van der Waals surface area (Å²) in [5, 5.41) is 8.10. The molecule has 0 atom stereocenters. The fraction of sp³-hybridized carbons (Fsp3) is 0.125. The molecule has 15 heavy (non-hydrogen) atoms. The molecule has 0 bridgehead atoms. The maximum atomic E-state index is 12.3. The van der Waals surface area contributed by atoms with Gasteiger partial charge in [-0.25, -0.2) is 4.79 Å². The average Bonchev–Trinajstić information content (AvgIpc) is 2.06. The Bertz CT molecular complexity index is 417. The van der Waals surface area contributed by atoms with Crippen molar-refractivity contribution in [1.82, 2.24) is 0 Å². The van der Waals surface area contributed by atoms with E-state index in [1.54, 1.807) is 0 Å². The van der Waals surface area contributed by atoms with Crippen molar-refractivity contribution in [1.29, 1.82) is 0 Å². The molecule has 0 saturated carbocycles. The molecule has 0 aromatic heterocycles. The molecule has 0 saturated heterocycles. The fourth-order valence-corrected chi connectivity index (χ4v) is 1.20. The highest BCUT2D eigenvalue weighted by Gasteiger charge is 2.34. The van der Waals surface area contributed by atoms with Crippen LogP contribution in [0.4, 0.5) is 18.9 Å². The number of carbonyl (C=O) groups is 1. The molecule has 82 valence electrons. The quantitative estimate of drug-likeness (QED) is 0.741. The van der Waals surface area contributed by atoms with Gasteiger partial charge in [-0.05, 0) is 12.1 Å². The van der Waals surface area contributed by atoms with Crippen LogP contribution >= 0.6 is 11.6 Å². The van der Waals surface area contributed by atoms with E-state index in [1.165, 1.54) is 0 Å². The van der Waals surface area contributed by atoms with Gasteiger partial charge in [-0.3, -0.25) is 0 Å². The smallest absolute Gasteiger partial charge is 0.418 e. The Hall–Kier alpha value is -1.43. The molecule has 0 aliphatic rings. The first-order valence-electron chi connectivity index (χ1n) is 3.63. The van der Waals surface area contributed by atoms with Crippen molar-refractivity contribution in [3.05, 3.63) is 28.3 Å². The number of hydrogen-bond donors (Lipinski definition) is 2. The van der Waals surface area contributed by atoms with Crippen molar-refractivity contribution in [2.45, 2.75) is 6.18 Å². The predicted octanol–water partition coefficient (Wildman–Crippen LogP) is 2.64. The number of carboxylic acids is 1. The summed E-state index contributed by atoms with van der Waals surface area (Å²) in [6.45, 7) is 0. The van der Waals surface area contributed by atoms with Gasteiger partial charge in [-0.2, -0.15) is 13.2 Å². The molecule has 0 fully saturated rings. The molecule has 0 heterocycles. The van der Waals surface area contributed by atoms with Crippen LogP contribution in [0.25, 0.3) is 0 Å². The lowest BCUT2D eigenvalue weighted by Gasteiger charge is -2.11. The lowest BCUT2D eigenvalue weighted by Crippen LogP contribution is -2.11. The maximum absolute atomic E-state index is 12.3. The van der Waals surface area contributed by atoms with E-state index in [1.807, 2.05) is 0 Å². The van der Waals surface area contributed by atoms with E-state index in [4.69, 9.17) is 22.4 Å². The second-order valence-corrected chi connectivity index (χ2v) is 3.13. The molecule has 1 aromatic carbocycles. The van der Waals surface area contributed by atoms with Crippen molar-refractivity contribution in [2.75, 3.05) is 5.73 Å². The summed E-state index contributed by atoms with van der Waals surface area (Å²) in [6.07, 6.45) is -4.72. The van der Waals surface area contributed by atoms with Gasteiger partial charge in [0.05, 0.1) is 21.8 Å². The van der Waals surface area contributed by atoms with Gasteiger partial charge in [-0.1, -0.05) is 11.6 Å². The van der Waals surface area contributed by atoms with Crippen LogP contribution in [0.2, 0.25) is 5.02 Å². The molecule has 7 heteroatoms. The number of benzene rings is 1. The monoisotopic (exact) mass is 239 g/mol. The Kier molecular flexibility index (Phi) is 2.81. The minimum absolute atomic E-state index is 0.428. The molecule has 0 amide bonds. The van der Waals surface area contributed by atoms with Gasteiger partial charge in [0.2, 0.25) is 0 Å². The van der Waals surface area contributed by atoms with E-state index in [2.05, 4.69) is 0 Å². The van der Waals surface area contributed by atoms with E-state index in [0.717, 1.165) is 6.07 Å². The molecule has 3 N–H and O–H groups in total. The number of nitrogen functional groups attached to an aromatic ring is 1. The number of anilines is 1. The second kappa shape index (κ2) is 3.62. The van der Waals surface area contributed by atoms with E-state index in [-0.39, 0.29) is 0 Å². The van der Waals surface area contributed by atoms with Gasteiger partial charge in [0.1, 0.15) is 0 Å². The summed E-state index contributed by atoms with van der Waals surface area (Å²) in [7, 11) is 0. The van der Waals surface area contributed by atoms with Crippen molar-refractivity contribution < 1.29 is 23.1 Å². The molecule has 0 aliphatic heterocycles. The van der Waals surface area contributed by atoms with Crippen molar-refractivity contribution in [3.63, 3.8) is 0 Å². The first-order chi connectivity index (χ1) is 6.73. The molecule has 1 aromatic rings. The Labute approximate surface area is 87.3 Å². The number of aromatic carboxylic acids is 1. The molecule has 3 nitrogen and oxygen atoms in total. The van der Waals surface area contributed by atoms with Crippen LogP contribution in [-0.4, -0.2) is 11.1 Å². The molecular weight excluding hydrogens is 235 g/mol. The zero-order valence-electron chi connectivity index (χ0n) is 7.10. The average molecular weight is 240 g/mol. The van der Waals surface area contributed by atoms with Crippen LogP contribution in [0.1, 0.15) is 15.9 Å². The summed E-state index contributed by atoms with van der Waals surface area (Å²) in [5.41, 5.74) is 2.62. The van der Waals surface area contributed by atoms with Crippen LogP contribution in [0.3, 0.4) is 0 Å². The SMILES string of the molecule is Nc1c(Cl)cc(C(=O)O)cc1C(F)(F)F. The van der Waals surface area contributed by atoms with Crippen LogP contribution in [-0.2, 0) is 6.18 Å². The molecule has 0 unspecified atom stereocenters. The second-order valence-electron chi connectivity index (χ2n) is 2.72. The third kappa shape index (κ3) is 2.33. The topological polar surface area (TPSA) is 63.3 Å². The van der Waals surface area contributed by atoms with E-state index >= 15 is 0 Å². The van der Waals surface area contributed by atoms with Crippen molar-refractivity contribution >= 4 is 23.3 Å². The largest absolute Gasteiger partial charge is 0.478 e. The van der Waals surface area contributed by atoms with E-state index in [0.29, 0.717) is 6.07 Å². The predicted molar refractivity (Wildman–Crippen MR) is 47.8 cm³/mol. The van der Waals surface area contributed by atoms with Gasteiger partial charge in [0.15, 0.2) is 0 Å². The molecule has 1 rings (SSSR count). The fourth-order valence-electron chi connectivity index (χ4n) is 0.976. The number of hydrogen-bond acceptors (Lipinski definition) is 2. The lowest BCUT2D eigenvalue weighted by molar-refractivity contribution is -0.136. The summed E-state index contributed by atoms with van der Waals surface area (Å²) in [5.74, 6) is -1.50. The number of nitrogens with two attached hydrogens (primary N) is 1. The van der Waals surface area contributed by atoms with Crippen LogP contribution < -0.4 is 5.73 Å². The molecule has 0 radical (unpaired) electrons. The highest BCUT2D eigenvalue weighted by Crippen LogP contribution is 2.37. The Morgan fingerprint density at radius 2 is 1.93 bits per heavy atom. The summed E-state index contributed by atoms with van der Waals surface area (Å²) in [4.78, 5) is 10.5. The highest BCUT2D eigenvalue weighted by atomic mass is 35.5. The highest BCUT2D eigenvalue weighted by molar-refractivity contribution is 6.33. The summed E-state index contributed by atoms with van der Waals surface area (Å²) < 4.78 is 37.0. The standard InChI is InChI=1S/C8H5ClF3NO2/c9-5-2-3(7(14)15)1-4(6(5)13)8(10,11)12/h1-2H,13H2,(H,14,15). The normalized spacial score (nSPS) is 11.5. The zero-order chi connectivity index (χ0) is 11.8. The van der Waals surface area contributed by atoms with E-state index < -0.39 is 34.0 Å².